The zero-order chi connectivity index (χ0) is 22.5. The highest BCUT2D eigenvalue weighted by Crippen LogP contribution is 2.28. The average Bonchev–Trinajstić information content (AvgIpc) is 2.80. The third-order valence-electron chi connectivity index (χ3n) is 5.23. The summed E-state index contributed by atoms with van der Waals surface area (Å²) in [5.74, 6) is -1.86. The van der Waals surface area contributed by atoms with Gasteiger partial charge in [-0.3, -0.25) is 19.4 Å². The number of benzene rings is 2. The quantitative estimate of drug-likeness (QED) is 0.548. The number of hydrogen-bond donors (Lipinski definition) is 3. The van der Waals surface area contributed by atoms with Crippen molar-refractivity contribution < 1.29 is 18.8 Å². The maximum absolute atomic E-state index is 13.8. The maximum atomic E-state index is 13.8. The van der Waals surface area contributed by atoms with Crippen molar-refractivity contribution in [2.24, 2.45) is 5.92 Å². The number of carbonyl (C=O) groups excluding carboxylic acids is 3. The van der Waals surface area contributed by atoms with Gasteiger partial charge in [0.15, 0.2) is 0 Å². The number of anilines is 3. The van der Waals surface area contributed by atoms with Crippen LogP contribution in [0.5, 0.6) is 0 Å². The van der Waals surface area contributed by atoms with Gasteiger partial charge in [0, 0.05) is 24.2 Å². The summed E-state index contributed by atoms with van der Waals surface area (Å²) >= 11 is 0. The van der Waals surface area contributed by atoms with Gasteiger partial charge in [-0.2, -0.15) is 0 Å². The fourth-order valence-electron chi connectivity index (χ4n) is 3.58. The molecule has 1 atom stereocenters. The smallest absolute Gasteiger partial charge is 0.274 e. The molecule has 2 aromatic carbocycles. The molecule has 3 amide bonds. The van der Waals surface area contributed by atoms with Crippen molar-refractivity contribution >= 4 is 34.8 Å². The normalized spacial score (nSPS) is 14.8. The van der Waals surface area contributed by atoms with Crippen LogP contribution in [-0.2, 0) is 16.0 Å². The Morgan fingerprint density at radius 3 is 2.66 bits per heavy atom. The lowest BCUT2D eigenvalue weighted by Crippen LogP contribution is -2.30. The van der Waals surface area contributed by atoms with Gasteiger partial charge in [0.25, 0.3) is 5.91 Å². The summed E-state index contributed by atoms with van der Waals surface area (Å²) in [6.07, 6.45) is 2.46. The summed E-state index contributed by atoms with van der Waals surface area (Å²) in [5.41, 5.74) is 2.41. The van der Waals surface area contributed by atoms with Crippen molar-refractivity contribution in [3.63, 3.8) is 0 Å². The number of pyridine rings is 1. The molecule has 1 aliphatic rings. The molecular weight excluding hydrogens is 411 g/mol. The first-order valence-electron chi connectivity index (χ1n) is 10.2. The molecule has 2 heterocycles. The van der Waals surface area contributed by atoms with Gasteiger partial charge >= 0.3 is 0 Å². The van der Waals surface area contributed by atoms with Crippen molar-refractivity contribution in [3.05, 3.63) is 83.9 Å². The first-order valence-corrected chi connectivity index (χ1v) is 10.2. The van der Waals surface area contributed by atoms with E-state index in [4.69, 9.17) is 0 Å². The van der Waals surface area contributed by atoms with E-state index in [1.165, 1.54) is 18.3 Å². The Balaban J connectivity index is 1.39. The van der Waals surface area contributed by atoms with Crippen LogP contribution >= 0.6 is 0 Å². The number of aromatic nitrogens is 1. The van der Waals surface area contributed by atoms with Crippen molar-refractivity contribution in [1.82, 2.24) is 4.98 Å². The minimum Gasteiger partial charge on any atom is -0.326 e. The SMILES string of the molecule is O=C(CCC1Cc2ccccc2NC1=O)Nc1cc(F)ccc1NC(=O)c1ccccn1. The van der Waals surface area contributed by atoms with E-state index in [1.54, 1.807) is 18.2 Å². The Morgan fingerprint density at radius 1 is 1.03 bits per heavy atom. The second-order valence-corrected chi connectivity index (χ2v) is 7.49. The zero-order valence-corrected chi connectivity index (χ0v) is 17.1. The molecule has 1 aromatic heterocycles. The zero-order valence-electron chi connectivity index (χ0n) is 17.1. The second-order valence-electron chi connectivity index (χ2n) is 7.49. The topological polar surface area (TPSA) is 100 Å². The van der Waals surface area contributed by atoms with Crippen LogP contribution < -0.4 is 16.0 Å². The Hall–Kier alpha value is -4.07. The molecule has 1 aliphatic heterocycles. The molecule has 7 nitrogen and oxygen atoms in total. The number of para-hydroxylation sites is 1. The van der Waals surface area contributed by atoms with Gasteiger partial charge in [-0.25, -0.2) is 4.39 Å². The van der Waals surface area contributed by atoms with E-state index < -0.39 is 11.7 Å². The predicted molar refractivity (Wildman–Crippen MR) is 119 cm³/mol. The Labute approximate surface area is 184 Å². The van der Waals surface area contributed by atoms with Crippen LogP contribution in [0.25, 0.3) is 0 Å². The largest absolute Gasteiger partial charge is 0.326 e. The van der Waals surface area contributed by atoms with Crippen LogP contribution in [0.3, 0.4) is 0 Å². The summed E-state index contributed by atoms with van der Waals surface area (Å²) in [6, 6.07) is 16.2. The number of nitrogens with one attached hydrogen (secondary N) is 3. The van der Waals surface area contributed by atoms with Crippen LogP contribution in [0.15, 0.2) is 66.9 Å². The molecular formula is C24H21FN4O3. The Morgan fingerprint density at radius 2 is 1.84 bits per heavy atom. The molecule has 0 aliphatic carbocycles. The van der Waals surface area contributed by atoms with E-state index in [0.29, 0.717) is 12.8 Å². The van der Waals surface area contributed by atoms with Crippen LogP contribution in [0.1, 0.15) is 28.9 Å². The lowest BCUT2D eigenvalue weighted by Gasteiger charge is -2.24. The summed E-state index contributed by atoms with van der Waals surface area (Å²) in [4.78, 5) is 41.2. The molecule has 162 valence electrons. The number of halogens is 1. The fourth-order valence-corrected chi connectivity index (χ4v) is 3.58. The van der Waals surface area contributed by atoms with Crippen molar-refractivity contribution in [1.29, 1.82) is 0 Å². The fraction of sp³-hybridized carbons (Fsp3) is 0.167. The molecule has 32 heavy (non-hydrogen) atoms. The molecule has 1 unspecified atom stereocenters. The summed E-state index contributed by atoms with van der Waals surface area (Å²) in [5, 5.41) is 8.14. The van der Waals surface area contributed by atoms with Crippen molar-refractivity contribution in [2.75, 3.05) is 16.0 Å². The van der Waals surface area contributed by atoms with E-state index >= 15 is 0 Å². The number of rotatable bonds is 6. The standard InChI is InChI=1S/C24H21FN4O3/c25-17-9-10-19(29-24(32)20-7-3-4-12-26-20)21(14-17)27-22(30)11-8-16-13-15-5-1-2-6-18(15)28-23(16)31/h1-7,9-10,12,14,16H,8,11,13H2,(H,27,30)(H,28,31)(H,29,32). The van der Waals surface area contributed by atoms with E-state index in [1.807, 2.05) is 24.3 Å². The van der Waals surface area contributed by atoms with Gasteiger partial charge in [0.05, 0.1) is 11.4 Å². The van der Waals surface area contributed by atoms with Crippen LogP contribution in [0.4, 0.5) is 21.5 Å². The molecule has 0 bridgehead atoms. The first kappa shape index (κ1) is 21.2. The van der Waals surface area contributed by atoms with Crippen LogP contribution in [0, 0.1) is 11.7 Å². The third-order valence-corrected chi connectivity index (χ3v) is 5.23. The minimum atomic E-state index is -0.556. The lowest BCUT2D eigenvalue weighted by atomic mass is 9.89. The average molecular weight is 432 g/mol. The Kier molecular flexibility index (Phi) is 6.21. The van der Waals surface area contributed by atoms with Gasteiger partial charge in [0.2, 0.25) is 11.8 Å². The number of carbonyl (C=O) groups is 3. The monoisotopic (exact) mass is 432 g/mol. The number of nitrogens with zero attached hydrogens (tertiary/aromatic N) is 1. The predicted octanol–water partition coefficient (Wildman–Crippen LogP) is 4.00. The summed E-state index contributed by atoms with van der Waals surface area (Å²) in [7, 11) is 0. The van der Waals surface area contributed by atoms with Crippen molar-refractivity contribution in [2.45, 2.75) is 19.3 Å². The molecule has 8 heteroatoms. The van der Waals surface area contributed by atoms with E-state index in [0.717, 1.165) is 17.3 Å². The molecule has 0 radical (unpaired) electrons. The molecule has 3 N–H and O–H groups in total. The van der Waals surface area contributed by atoms with Crippen LogP contribution in [-0.4, -0.2) is 22.7 Å². The van der Waals surface area contributed by atoms with E-state index in [9.17, 15) is 18.8 Å². The van der Waals surface area contributed by atoms with Gasteiger partial charge in [-0.15, -0.1) is 0 Å². The maximum Gasteiger partial charge on any atom is 0.274 e. The minimum absolute atomic E-state index is 0.0738. The summed E-state index contributed by atoms with van der Waals surface area (Å²) < 4.78 is 13.8. The molecule has 0 spiro atoms. The lowest BCUT2D eigenvalue weighted by molar-refractivity contribution is -0.121. The van der Waals surface area contributed by atoms with Gasteiger partial charge < -0.3 is 16.0 Å². The Bertz CT molecular complexity index is 1170. The number of amides is 3. The molecule has 0 fully saturated rings. The molecule has 4 rings (SSSR count). The first-order chi connectivity index (χ1) is 15.5. The highest BCUT2D eigenvalue weighted by molar-refractivity contribution is 6.06. The summed E-state index contributed by atoms with van der Waals surface area (Å²) in [6.45, 7) is 0. The highest BCUT2D eigenvalue weighted by atomic mass is 19.1. The highest BCUT2D eigenvalue weighted by Gasteiger charge is 2.26. The van der Waals surface area contributed by atoms with Gasteiger partial charge in [0.1, 0.15) is 11.5 Å². The molecule has 3 aromatic rings. The van der Waals surface area contributed by atoms with E-state index in [-0.39, 0.29) is 41.2 Å². The van der Waals surface area contributed by atoms with Gasteiger partial charge in [-0.1, -0.05) is 24.3 Å². The molecule has 0 saturated heterocycles. The van der Waals surface area contributed by atoms with Crippen LogP contribution in [0.2, 0.25) is 0 Å². The van der Waals surface area contributed by atoms with Gasteiger partial charge in [-0.05, 0) is 54.8 Å². The van der Waals surface area contributed by atoms with E-state index in [2.05, 4.69) is 20.9 Å². The molecule has 0 saturated carbocycles. The van der Waals surface area contributed by atoms with Crippen molar-refractivity contribution in [3.8, 4) is 0 Å². The third kappa shape index (κ3) is 4.97. The number of hydrogen-bond acceptors (Lipinski definition) is 4. The second kappa shape index (κ2) is 9.38. The number of fused-ring (bicyclic) bond motifs is 1.